The molecule has 0 aromatic heterocycles. The van der Waals surface area contributed by atoms with Gasteiger partial charge in [-0.25, -0.2) is 0 Å². The highest BCUT2D eigenvalue weighted by atomic mass is 16.2. The van der Waals surface area contributed by atoms with E-state index < -0.39 is 0 Å². The normalized spacial score (nSPS) is 19.7. The summed E-state index contributed by atoms with van der Waals surface area (Å²) < 4.78 is 0. The van der Waals surface area contributed by atoms with Gasteiger partial charge in [-0.15, -0.1) is 0 Å². The summed E-state index contributed by atoms with van der Waals surface area (Å²) in [4.78, 5) is 15.7. The Hall–Kier alpha value is -1.39. The second-order valence-corrected chi connectivity index (χ2v) is 5.76. The van der Waals surface area contributed by atoms with Crippen molar-refractivity contribution in [2.24, 2.45) is 5.73 Å². The molecule has 1 aliphatic rings. The second kappa shape index (κ2) is 6.37. The fourth-order valence-electron chi connectivity index (χ4n) is 3.02. The third-order valence-corrected chi connectivity index (χ3v) is 4.03. The lowest BCUT2D eigenvalue weighted by Crippen LogP contribution is -2.51. The third kappa shape index (κ3) is 3.38. The number of nitrogens with two attached hydrogens (primary N) is 1. The highest BCUT2D eigenvalue weighted by Gasteiger charge is 2.28. The first kappa shape index (κ1) is 15.0. The molecule has 1 fully saturated rings. The molecule has 2 unspecified atom stereocenters. The first-order valence-electron chi connectivity index (χ1n) is 7.30. The van der Waals surface area contributed by atoms with Gasteiger partial charge in [0.1, 0.15) is 0 Å². The molecule has 4 nitrogen and oxygen atoms in total. The van der Waals surface area contributed by atoms with E-state index >= 15 is 0 Å². The van der Waals surface area contributed by atoms with Gasteiger partial charge in [0.05, 0.1) is 0 Å². The Morgan fingerprint density at radius 1 is 1.25 bits per heavy atom. The largest absolute Gasteiger partial charge is 0.340 e. The molecule has 1 amide bonds. The van der Waals surface area contributed by atoms with E-state index in [1.54, 1.807) is 6.92 Å². The first-order chi connectivity index (χ1) is 9.49. The number of aryl methyl sites for hydroxylation is 1. The van der Waals surface area contributed by atoms with Gasteiger partial charge in [-0.2, -0.15) is 0 Å². The molecule has 1 aliphatic heterocycles. The van der Waals surface area contributed by atoms with Gasteiger partial charge in [-0.3, -0.25) is 9.69 Å². The van der Waals surface area contributed by atoms with Crippen LogP contribution < -0.4 is 5.73 Å². The molecular formula is C16H25N3O. The number of rotatable bonds is 3. The molecule has 4 heteroatoms. The molecule has 0 bridgehead atoms. The Balaban J connectivity index is 2.13. The molecule has 110 valence electrons. The lowest BCUT2D eigenvalue weighted by molar-refractivity contribution is -0.130. The summed E-state index contributed by atoms with van der Waals surface area (Å²) in [7, 11) is 0. The Morgan fingerprint density at radius 2 is 1.90 bits per heavy atom. The Kier molecular flexibility index (Phi) is 4.78. The molecule has 0 saturated carbocycles. The monoisotopic (exact) mass is 275 g/mol. The standard InChI is InChI=1S/C16H25N3O/c1-12-5-4-6-15(11-12)16(13(2)17)19-9-7-18(8-10-19)14(3)20/h4-6,11,13,16H,7-10,17H2,1-3H3. The maximum absolute atomic E-state index is 11.4. The van der Waals surface area contributed by atoms with E-state index in [9.17, 15) is 4.79 Å². The van der Waals surface area contributed by atoms with Crippen molar-refractivity contribution in [3.63, 3.8) is 0 Å². The predicted molar refractivity (Wildman–Crippen MR) is 81.4 cm³/mol. The van der Waals surface area contributed by atoms with Crippen molar-refractivity contribution in [2.75, 3.05) is 26.2 Å². The number of carbonyl (C=O) groups is 1. The summed E-state index contributed by atoms with van der Waals surface area (Å²) in [5.41, 5.74) is 8.76. The van der Waals surface area contributed by atoms with Crippen molar-refractivity contribution in [1.82, 2.24) is 9.80 Å². The Morgan fingerprint density at radius 3 is 2.40 bits per heavy atom. The van der Waals surface area contributed by atoms with E-state index in [1.165, 1.54) is 11.1 Å². The van der Waals surface area contributed by atoms with E-state index in [0.717, 1.165) is 26.2 Å². The minimum Gasteiger partial charge on any atom is -0.340 e. The molecule has 0 aliphatic carbocycles. The van der Waals surface area contributed by atoms with Gasteiger partial charge in [0.2, 0.25) is 5.91 Å². The maximum atomic E-state index is 11.4. The van der Waals surface area contributed by atoms with Crippen LogP contribution in [0.2, 0.25) is 0 Å². The van der Waals surface area contributed by atoms with Gasteiger partial charge in [-0.05, 0) is 19.4 Å². The number of nitrogens with zero attached hydrogens (tertiary/aromatic N) is 2. The number of carbonyl (C=O) groups excluding carboxylic acids is 1. The van der Waals surface area contributed by atoms with Crippen LogP contribution in [-0.2, 0) is 4.79 Å². The highest BCUT2D eigenvalue weighted by molar-refractivity contribution is 5.73. The van der Waals surface area contributed by atoms with Crippen LogP contribution in [-0.4, -0.2) is 47.9 Å². The number of amides is 1. The third-order valence-electron chi connectivity index (χ3n) is 4.03. The molecule has 1 aromatic rings. The van der Waals surface area contributed by atoms with Crippen LogP contribution >= 0.6 is 0 Å². The zero-order valence-corrected chi connectivity index (χ0v) is 12.7. The van der Waals surface area contributed by atoms with Gasteiger partial charge in [0.15, 0.2) is 0 Å². The zero-order valence-electron chi connectivity index (χ0n) is 12.7. The number of benzene rings is 1. The van der Waals surface area contributed by atoms with Gasteiger partial charge < -0.3 is 10.6 Å². The summed E-state index contributed by atoms with van der Waals surface area (Å²) in [5.74, 6) is 0.164. The molecule has 20 heavy (non-hydrogen) atoms. The van der Waals surface area contributed by atoms with Gasteiger partial charge in [0.25, 0.3) is 0 Å². The predicted octanol–water partition coefficient (Wildman–Crippen LogP) is 1.55. The lowest BCUT2D eigenvalue weighted by Gasteiger charge is -2.40. The van der Waals surface area contributed by atoms with E-state index in [2.05, 4.69) is 43.0 Å². The SMILES string of the molecule is CC(=O)N1CCN(C(c2cccc(C)c2)C(C)N)CC1. The topological polar surface area (TPSA) is 49.6 Å². The van der Waals surface area contributed by atoms with Crippen LogP contribution in [0.5, 0.6) is 0 Å². The number of hydrogen-bond acceptors (Lipinski definition) is 3. The van der Waals surface area contributed by atoms with Gasteiger partial charge in [-0.1, -0.05) is 29.8 Å². The van der Waals surface area contributed by atoms with Crippen LogP contribution in [0.25, 0.3) is 0 Å². The summed E-state index contributed by atoms with van der Waals surface area (Å²) in [6.07, 6.45) is 0. The van der Waals surface area contributed by atoms with Gasteiger partial charge in [0, 0.05) is 45.2 Å². The van der Waals surface area contributed by atoms with Crippen molar-refractivity contribution in [3.05, 3.63) is 35.4 Å². The molecule has 0 spiro atoms. The Labute approximate surface area is 121 Å². The number of piperazine rings is 1. The van der Waals surface area contributed by atoms with Crippen LogP contribution in [0.15, 0.2) is 24.3 Å². The van der Waals surface area contributed by atoms with Crippen LogP contribution in [0.4, 0.5) is 0 Å². The highest BCUT2D eigenvalue weighted by Crippen LogP contribution is 2.25. The summed E-state index contributed by atoms with van der Waals surface area (Å²) in [6, 6.07) is 8.86. The van der Waals surface area contributed by atoms with Crippen molar-refractivity contribution < 1.29 is 4.79 Å². The fourth-order valence-corrected chi connectivity index (χ4v) is 3.02. The van der Waals surface area contributed by atoms with E-state index in [1.807, 2.05) is 4.90 Å². The summed E-state index contributed by atoms with van der Waals surface area (Å²) in [6.45, 7) is 9.17. The van der Waals surface area contributed by atoms with Gasteiger partial charge >= 0.3 is 0 Å². The molecule has 1 aromatic carbocycles. The molecular weight excluding hydrogens is 250 g/mol. The maximum Gasteiger partial charge on any atom is 0.219 e. The fraction of sp³-hybridized carbons (Fsp3) is 0.562. The van der Waals surface area contributed by atoms with Crippen molar-refractivity contribution >= 4 is 5.91 Å². The quantitative estimate of drug-likeness (QED) is 0.910. The van der Waals surface area contributed by atoms with E-state index in [0.29, 0.717) is 0 Å². The molecule has 1 heterocycles. The summed E-state index contributed by atoms with van der Waals surface area (Å²) >= 11 is 0. The first-order valence-corrected chi connectivity index (χ1v) is 7.30. The van der Waals surface area contributed by atoms with Crippen LogP contribution in [0, 0.1) is 6.92 Å². The minimum atomic E-state index is 0.0701. The molecule has 2 rings (SSSR count). The summed E-state index contributed by atoms with van der Waals surface area (Å²) in [5, 5.41) is 0. The average molecular weight is 275 g/mol. The zero-order chi connectivity index (χ0) is 14.7. The molecule has 2 atom stereocenters. The van der Waals surface area contributed by atoms with Crippen LogP contribution in [0.1, 0.15) is 31.0 Å². The molecule has 2 N–H and O–H groups in total. The van der Waals surface area contributed by atoms with Crippen molar-refractivity contribution in [2.45, 2.75) is 32.9 Å². The second-order valence-electron chi connectivity index (χ2n) is 5.76. The van der Waals surface area contributed by atoms with Crippen molar-refractivity contribution in [3.8, 4) is 0 Å². The van der Waals surface area contributed by atoms with E-state index in [4.69, 9.17) is 5.73 Å². The molecule has 0 radical (unpaired) electrons. The minimum absolute atomic E-state index is 0.0701. The van der Waals surface area contributed by atoms with E-state index in [-0.39, 0.29) is 18.0 Å². The lowest BCUT2D eigenvalue weighted by atomic mass is 9.97. The molecule has 1 saturated heterocycles. The van der Waals surface area contributed by atoms with Crippen molar-refractivity contribution in [1.29, 1.82) is 0 Å². The Bertz CT molecular complexity index is 465. The average Bonchev–Trinajstić information content (AvgIpc) is 2.39. The number of hydrogen-bond donors (Lipinski definition) is 1. The van der Waals surface area contributed by atoms with Crippen LogP contribution in [0.3, 0.4) is 0 Å². The smallest absolute Gasteiger partial charge is 0.219 e.